The molecular weight excluding hydrogens is 362 g/mol. The zero-order valence-electron chi connectivity index (χ0n) is 17.3. The molecule has 2 saturated heterocycles. The van der Waals surface area contributed by atoms with Crippen LogP contribution < -0.4 is 4.74 Å². The number of likely N-dealkylation sites (tertiary alicyclic amines) is 2. The smallest absolute Gasteiger partial charge is 0.223 e. The molecule has 1 atom stereocenters. The summed E-state index contributed by atoms with van der Waals surface area (Å²) in [5, 5.41) is 0. The summed E-state index contributed by atoms with van der Waals surface area (Å²) in [6, 6.07) is 14.5. The van der Waals surface area contributed by atoms with Crippen molar-refractivity contribution in [2.75, 3.05) is 26.7 Å². The van der Waals surface area contributed by atoms with E-state index in [9.17, 15) is 4.79 Å². The van der Waals surface area contributed by atoms with Crippen molar-refractivity contribution in [2.24, 2.45) is 5.92 Å². The Bertz CT molecular complexity index is 803. The van der Waals surface area contributed by atoms with Crippen molar-refractivity contribution in [3.05, 3.63) is 59.9 Å². The maximum Gasteiger partial charge on any atom is 0.223 e. The average molecular weight is 394 g/mol. The van der Waals surface area contributed by atoms with E-state index in [4.69, 9.17) is 4.74 Å². The lowest BCUT2D eigenvalue weighted by atomic mass is 9.92. The topological polar surface area (TPSA) is 45.7 Å². The van der Waals surface area contributed by atoms with Gasteiger partial charge in [-0.2, -0.15) is 0 Å². The van der Waals surface area contributed by atoms with Crippen molar-refractivity contribution < 1.29 is 9.53 Å². The van der Waals surface area contributed by atoms with Gasteiger partial charge in [-0.1, -0.05) is 18.2 Å². The minimum atomic E-state index is 0.196. The van der Waals surface area contributed by atoms with Crippen LogP contribution in [0.3, 0.4) is 0 Å². The molecule has 5 heteroatoms. The standard InChI is InChI=1S/C24H31N3O2/c1-29-22-8-4-6-20(17-22)23-9-5-13-27(23)24(28)16-19-10-14-26(15-11-19)18-21-7-2-3-12-25-21/h2-4,6-8,12,17,19,23H,5,9-11,13-16,18H2,1H3/t23-/m0/s1. The predicted octanol–water partition coefficient (Wildman–Crippen LogP) is 4.06. The number of hydrogen-bond donors (Lipinski definition) is 0. The van der Waals surface area contributed by atoms with Crippen LogP contribution in [0.2, 0.25) is 0 Å². The van der Waals surface area contributed by atoms with E-state index in [0.29, 0.717) is 18.2 Å². The van der Waals surface area contributed by atoms with E-state index < -0.39 is 0 Å². The largest absolute Gasteiger partial charge is 0.497 e. The molecule has 0 radical (unpaired) electrons. The quantitative estimate of drug-likeness (QED) is 0.743. The van der Waals surface area contributed by atoms with Crippen LogP contribution in [-0.4, -0.2) is 47.4 Å². The molecule has 2 fully saturated rings. The summed E-state index contributed by atoms with van der Waals surface area (Å²) in [5.41, 5.74) is 2.32. The Morgan fingerprint density at radius 3 is 2.72 bits per heavy atom. The molecule has 2 aliphatic rings. The number of carbonyl (C=O) groups excluding carboxylic acids is 1. The van der Waals surface area contributed by atoms with E-state index in [1.807, 2.05) is 30.5 Å². The molecule has 3 heterocycles. The van der Waals surface area contributed by atoms with Crippen molar-refractivity contribution in [3.8, 4) is 5.75 Å². The lowest BCUT2D eigenvalue weighted by Gasteiger charge is -2.33. The first kappa shape index (κ1) is 19.9. The van der Waals surface area contributed by atoms with Gasteiger partial charge < -0.3 is 9.64 Å². The van der Waals surface area contributed by atoms with E-state index in [2.05, 4.69) is 33.0 Å². The molecule has 2 aromatic rings. The zero-order valence-corrected chi connectivity index (χ0v) is 17.3. The molecule has 1 aromatic heterocycles. The molecular formula is C24H31N3O2. The monoisotopic (exact) mass is 393 g/mol. The number of ether oxygens (including phenoxy) is 1. The molecule has 154 valence electrons. The highest BCUT2D eigenvalue weighted by molar-refractivity contribution is 5.77. The Labute approximate surface area is 173 Å². The van der Waals surface area contributed by atoms with Gasteiger partial charge in [0.1, 0.15) is 5.75 Å². The SMILES string of the molecule is COc1cccc([C@@H]2CCCN2C(=O)CC2CCN(Cc3ccccn3)CC2)c1. The highest BCUT2D eigenvalue weighted by Gasteiger charge is 2.32. The summed E-state index contributed by atoms with van der Waals surface area (Å²) < 4.78 is 5.37. The van der Waals surface area contributed by atoms with Gasteiger partial charge in [0.25, 0.3) is 0 Å². The van der Waals surface area contributed by atoms with Gasteiger partial charge in [0.05, 0.1) is 18.8 Å². The van der Waals surface area contributed by atoms with Crippen LogP contribution in [0, 0.1) is 5.92 Å². The average Bonchev–Trinajstić information content (AvgIpc) is 3.26. The van der Waals surface area contributed by atoms with E-state index >= 15 is 0 Å². The van der Waals surface area contributed by atoms with Crippen molar-refractivity contribution in [1.29, 1.82) is 0 Å². The minimum absolute atomic E-state index is 0.196. The molecule has 29 heavy (non-hydrogen) atoms. The second-order valence-corrected chi connectivity index (χ2v) is 8.27. The molecule has 0 saturated carbocycles. The third kappa shape index (κ3) is 4.96. The Balaban J connectivity index is 1.30. The Kier molecular flexibility index (Phi) is 6.45. The summed E-state index contributed by atoms with van der Waals surface area (Å²) in [6.07, 6.45) is 6.84. The first-order chi connectivity index (χ1) is 14.2. The van der Waals surface area contributed by atoms with Crippen LogP contribution in [-0.2, 0) is 11.3 Å². The van der Waals surface area contributed by atoms with Gasteiger partial charge in [-0.25, -0.2) is 0 Å². The van der Waals surface area contributed by atoms with E-state index in [0.717, 1.165) is 63.3 Å². The van der Waals surface area contributed by atoms with Gasteiger partial charge in [-0.3, -0.25) is 14.7 Å². The number of carbonyl (C=O) groups is 1. The van der Waals surface area contributed by atoms with Crippen LogP contribution in [0.15, 0.2) is 48.7 Å². The number of methoxy groups -OCH3 is 1. The summed E-state index contributed by atoms with van der Waals surface area (Å²) in [5.74, 6) is 1.68. The number of piperidine rings is 1. The number of aromatic nitrogens is 1. The summed E-state index contributed by atoms with van der Waals surface area (Å²) in [6.45, 7) is 3.88. The fourth-order valence-electron chi connectivity index (χ4n) is 4.69. The first-order valence-electron chi connectivity index (χ1n) is 10.8. The molecule has 4 rings (SSSR count). The number of pyridine rings is 1. The molecule has 0 N–H and O–H groups in total. The lowest BCUT2D eigenvalue weighted by molar-refractivity contribution is -0.133. The number of nitrogens with zero attached hydrogens (tertiary/aromatic N) is 3. The third-order valence-electron chi connectivity index (χ3n) is 6.33. The summed E-state index contributed by atoms with van der Waals surface area (Å²) in [4.78, 5) is 22.1. The van der Waals surface area contributed by atoms with Gasteiger partial charge in [0.15, 0.2) is 0 Å². The molecule has 2 aliphatic heterocycles. The molecule has 0 aliphatic carbocycles. The molecule has 1 aromatic carbocycles. The Morgan fingerprint density at radius 2 is 1.97 bits per heavy atom. The number of rotatable bonds is 6. The van der Waals surface area contributed by atoms with Crippen LogP contribution in [0.1, 0.15) is 49.4 Å². The predicted molar refractivity (Wildman–Crippen MR) is 114 cm³/mol. The van der Waals surface area contributed by atoms with Crippen molar-refractivity contribution in [3.63, 3.8) is 0 Å². The van der Waals surface area contributed by atoms with Gasteiger partial charge in [0, 0.05) is 25.7 Å². The highest BCUT2D eigenvalue weighted by Crippen LogP contribution is 2.35. The van der Waals surface area contributed by atoms with Gasteiger partial charge in [-0.15, -0.1) is 0 Å². The number of amides is 1. The molecule has 5 nitrogen and oxygen atoms in total. The maximum absolute atomic E-state index is 13.1. The highest BCUT2D eigenvalue weighted by atomic mass is 16.5. The Hall–Kier alpha value is -2.40. The fourth-order valence-corrected chi connectivity index (χ4v) is 4.69. The van der Waals surface area contributed by atoms with E-state index in [1.165, 1.54) is 5.56 Å². The second kappa shape index (κ2) is 9.40. The normalized spacial score (nSPS) is 20.7. The van der Waals surface area contributed by atoms with Gasteiger partial charge in [0.2, 0.25) is 5.91 Å². The van der Waals surface area contributed by atoms with Gasteiger partial charge >= 0.3 is 0 Å². The van der Waals surface area contributed by atoms with E-state index in [1.54, 1.807) is 7.11 Å². The van der Waals surface area contributed by atoms with Gasteiger partial charge in [-0.05, 0) is 74.5 Å². The van der Waals surface area contributed by atoms with Crippen LogP contribution >= 0.6 is 0 Å². The number of benzene rings is 1. The summed E-state index contributed by atoms with van der Waals surface area (Å²) in [7, 11) is 1.69. The molecule has 0 unspecified atom stereocenters. The maximum atomic E-state index is 13.1. The molecule has 0 bridgehead atoms. The number of hydrogen-bond acceptors (Lipinski definition) is 4. The molecule has 0 spiro atoms. The summed E-state index contributed by atoms with van der Waals surface area (Å²) >= 11 is 0. The van der Waals surface area contributed by atoms with Crippen molar-refractivity contribution >= 4 is 5.91 Å². The van der Waals surface area contributed by atoms with Crippen LogP contribution in [0.4, 0.5) is 0 Å². The van der Waals surface area contributed by atoms with E-state index in [-0.39, 0.29) is 6.04 Å². The molecule has 1 amide bonds. The van der Waals surface area contributed by atoms with Crippen molar-refractivity contribution in [1.82, 2.24) is 14.8 Å². The Morgan fingerprint density at radius 1 is 1.10 bits per heavy atom. The fraction of sp³-hybridized carbons (Fsp3) is 0.500. The second-order valence-electron chi connectivity index (χ2n) is 8.27. The lowest BCUT2D eigenvalue weighted by Crippen LogP contribution is -2.37. The zero-order chi connectivity index (χ0) is 20.1. The minimum Gasteiger partial charge on any atom is -0.497 e. The van der Waals surface area contributed by atoms with Crippen LogP contribution in [0.5, 0.6) is 5.75 Å². The third-order valence-corrected chi connectivity index (χ3v) is 6.33. The first-order valence-corrected chi connectivity index (χ1v) is 10.8. The van der Waals surface area contributed by atoms with Crippen molar-refractivity contribution in [2.45, 2.75) is 44.7 Å². The van der Waals surface area contributed by atoms with Crippen LogP contribution in [0.25, 0.3) is 0 Å².